The van der Waals surface area contributed by atoms with E-state index in [1.165, 1.54) is 31.2 Å². The van der Waals surface area contributed by atoms with Gasteiger partial charge in [0.15, 0.2) is 6.29 Å². The summed E-state index contributed by atoms with van der Waals surface area (Å²) in [5.74, 6) is 1.19. The van der Waals surface area contributed by atoms with E-state index in [4.69, 9.17) is 14.2 Å². The average Bonchev–Trinajstić information content (AvgIpc) is 2.87. The number of aliphatic hydroxyl groups excluding tert-OH is 1. The predicted molar refractivity (Wildman–Crippen MR) is 143 cm³/mol. The highest BCUT2D eigenvalue weighted by Crippen LogP contribution is 2.45. The Hall–Kier alpha value is -1.88. The molecule has 0 radical (unpaired) electrons. The third kappa shape index (κ3) is 7.55. The number of unbranched alkanes of at least 4 members (excludes halogenated alkanes) is 3. The Kier molecular flexibility index (Phi) is 10.6. The van der Waals surface area contributed by atoms with Crippen molar-refractivity contribution in [2.24, 2.45) is 5.92 Å². The Labute approximate surface area is 213 Å². The molecule has 0 aliphatic heterocycles. The van der Waals surface area contributed by atoms with E-state index >= 15 is 0 Å². The van der Waals surface area contributed by atoms with Crippen LogP contribution in [0.2, 0.25) is 0 Å². The molecular weight excluding hydrogens is 436 g/mol. The fraction of sp³-hybridized carbons (Fsp3) is 0.613. The third-order valence-electron chi connectivity index (χ3n) is 7.78. The number of benzene rings is 2. The number of ether oxygens (including phenoxy) is 3. The summed E-state index contributed by atoms with van der Waals surface area (Å²) < 4.78 is 17.9. The fourth-order valence-corrected chi connectivity index (χ4v) is 5.56. The van der Waals surface area contributed by atoms with Gasteiger partial charge in [0.05, 0.1) is 6.10 Å². The topological polar surface area (TPSA) is 47.9 Å². The maximum atomic E-state index is 10.6. The first-order valence-electron chi connectivity index (χ1n) is 13.4. The summed E-state index contributed by atoms with van der Waals surface area (Å²) in [5.41, 5.74) is 3.68. The molecule has 1 saturated carbocycles. The average molecular weight is 483 g/mol. The first-order valence-corrected chi connectivity index (χ1v) is 13.4. The van der Waals surface area contributed by atoms with Crippen molar-refractivity contribution in [3.05, 3.63) is 65.2 Å². The summed E-state index contributed by atoms with van der Waals surface area (Å²) in [5, 5.41) is 10.6. The molecule has 1 fully saturated rings. The lowest BCUT2D eigenvalue weighted by atomic mass is 9.72. The molecule has 1 aliphatic carbocycles. The van der Waals surface area contributed by atoms with Gasteiger partial charge in [-0.1, -0.05) is 88.9 Å². The summed E-state index contributed by atoms with van der Waals surface area (Å²) in [4.78, 5) is 0. The smallest absolute Gasteiger partial charge is 0.160 e. The van der Waals surface area contributed by atoms with Gasteiger partial charge in [-0.2, -0.15) is 0 Å². The van der Waals surface area contributed by atoms with Gasteiger partial charge < -0.3 is 19.3 Å². The minimum atomic E-state index is -0.317. The monoisotopic (exact) mass is 482 g/mol. The van der Waals surface area contributed by atoms with E-state index in [0.29, 0.717) is 13.0 Å². The van der Waals surface area contributed by atoms with Gasteiger partial charge in [0.2, 0.25) is 0 Å². The van der Waals surface area contributed by atoms with Crippen LogP contribution in [0.25, 0.3) is 0 Å². The highest BCUT2D eigenvalue weighted by molar-refractivity contribution is 5.43. The number of hydrogen-bond donors (Lipinski definition) is 1. The van der Waals surface area contributed by atoms with Crippen LogP contribution in [0, 0.1) is 5.92 Å². The molecule has 0 aromatic heterocycles. The summed E-state index contributed by atoms with van der Waals surface area (Å²) in [7, 11) is 3.40. The minimum absolute atomic E-state index is 0.0736. The Morgan fingerprint density at radius 3 is 2.40 bits per heavy atom. The number of methoxy groups -OCH3 is 2. The van der Waals surface area contributed by atoms with Crippen LogP contribution in [0.1, 0.15) is 94.7 Å². The van der Waals surface area contributed by atoms with Crippen molar-refractivity contribution < 1.29 is 19.3 Å². The zero-order valence-electron chi connectivity index (χ0n) is 22.5. The minimum Gasteiger partial charge on any atom is -0.489 e. The van der Waals surface area contributed by atoms with Gasteiger partial charge in [0.25, 0.3) is 0 Å². The van der Waals surface area contributed by atoms with Crippen LogP contribution in [0.3, 0.4) is 0 Å². The molecule has 2 aromatic rings. The summed E-state index contributed by atoms with van der Waals surface area (Å²) in [6.45, 7) is 7.46. The number of hydrogen-bond acceptors (Lipinski definition) is 4. The fourth-order valence-electron chi connectivity index (χ4n) is 5.56. The van der Waals surface area contributed by atoms with Crippen molar-refractivity contribution in [1.29, 1.82) is 0 Å². The molecule has 2 aromatic carbocycles. The SMILES string of the molecule is CCCCCCC(C)(C)c1ccc([C@@H]2C[C@H](O)CC[C@H]2C(OC)OC)c(OCc2ccccc2)c1. The van der Waals surface area contributed by atoms with Crippen molar-refractivity contribution in [3.63, 3.8) is 0 Å². The molecule has 35 heavy (non-hydrogen) atoms. The summed E-state index contributed by atoms with van der Waals surface area (Å²) >= 11 is 0. The molecule has 3 rings (SSSR count). The zero-order valence-corrected chi connectivity index (χ0v) is 22.5. The van der Waals surface area contributed by atoms with Crippen molar-refractivity contribution in [1.82, 2.24) is 0 Å². The molecule has 1 aliphatic rings. The highest BCUT2D eigenvalue weighted by atomic mass is 16.7. The van der Waals surface area contributed by atoms with E-state index in [1.54, 1.807) is 14.2 Å². The molecule has 0 spiro atoms. The number of aliphatic hydroxyl groups is 1. The molecule has 0 heterocycles. The Morgan fingerprint density at radius 1 is 0.971 bits per heavy atom. The first kappa shape index (κ1) is 27.7. The lowest BCUT2D eigenvalue weighted by molar-refractivity contribution is -0.153. The van der Waals surface area contributed by atoms with Gasteiger partial charge in [-0.3, -0.25) is 0 Å². The first-order chi connectivity index (χ1) is 16.9. The molecule has 194 valence electrons. The Bertz CT molecular complexity index is 875. The van der Waals surface area contributed by atoms with Crippen LogP contribution in [-0.4, -0.2) is 31.7 Å². The van der Waals surface area contributed by atoms with Crippen molar-refractivity contribution >= 4 is 0 Å². The van der Waals surface area contributed by atoms with E-state index in [0.717, 1.165) is 36.1 Å². The quantitative estimate of drug-likeness (QED) is 0.239. The second-order valence-corrected chi connectivity index (χ2v) is 10.8. The van der Waals surface area contributed by atoms with E-state index in [-0.39, 0.29) is 29.6 Å². The largest absolute Gasteiger partial charge is 0.489 e. The molecule has 0 unspecified atom stereocenters. The van der Waals surface area contributed by atoms with Crippen LogP contribution in [0.15, 0.2) is 48.5 Å². The Balaban J connectivity index is 1.93. The standard InChI is InChI=1S/C31H46O4/c1-6-7-8-12-19-31(2,3)24-15-17-26(29(20-24)35-22-23-13-10-9-11-14-23)28-21-25(32)16-18-27(28)30(33-4)34-5/h9-11,13-15,17,20,25,27-28,30,32H,6-8,12,16,18-19,21-22H2,1-5H3/t25-,27-,28+/m1/s1. The molecule has 1 N–H and O–H groups in total. The zero-order chi connectivity index (χ0) is 25.3. The van der Waals surface area contributed by atoms with Gasteiger partial charge >= 0.3 is 0 Å². The Morgan fingerprint density at radius 2 is 1.71 bits per heavy atom. The van der Waals surface area contributed by atoms with Crippen molar-refractivity contribution in [3.8, 4) is 5.75 Å². The van der Waals surface area contributed by atoms with E-state index in [1.807, 2.05) is 18.2 Å². The van der Waals surface area contributed by atoms with E-state index < -0.39 is 0 Å². The van der Waals surface area contributed by atoms with Gasteiger partial charge in [-0.25, -0.2) is 0 Å². The van der Waals surface area contributed by atoms with Gasteiger partial charge in [0.1, 0.15) is 12.4 Å². The maximum Gasteiger partial charge on any atom is 0.160 e. The maximum absolute atomic E-state index is 10.6. The second-order valence-electron chi connectivity index (χ2n) is 10.8. The van der Waals surface area contributed by atoms with E-state index in [9.17, 15) is 5.11 Å². The van der Waals surface area contributed by atoms with Crippen LogP contribution in [-0.2, 0) is 21.5 Å². The molecule has 0 bridgehead atoms. The molecule has 4 nitrogen and oxygen atoms in total. The number of rotatable bonds is 13. The normalized spacial score (nSPS) is 20.8. The van der Waals surface area contributed by atoms with Crippen LogP contribution in [0.5, 0.6) is 5.75 Å². The van der Waals surface area contributed by atoms with E-state index in [2.05, 4.69) is 51.1 Å². The third-order valence-corrected chi connectivity index (χ3v) is 7.78. The lowest BCUT2D eigenvalue weighted by Crippen LogP contribution is -2.36. The van der Waals surface area contributed by atoms with Gasteiger partial charge in [-0.15, -0.1) is 0 Å². The van der Waals surface area contributed by atoms with Gasteiger partial charge in [0, 0.05) is 20.1 Å². The molecule has 0 amide bonds. The van der Waals surface area contributed by atoms with Crippen LogP contribution >= 0.6 is 0 Å². The van der Waals surface area contributed by atoms with Crippen molar-refractivity contribution in [2.75, 3.05) is 14.2 Å². The molecule has 3 atom stereocenters. The highest BCUT2D eigenvalue weighted by Gasteiger charge is 2.38. The summed E-state index contributed by atoms with van der Waals surface area (Å²) in [6.07, 6.45) is 7.94. The predicted octanol–water partition coefficient (Wildman–Crippen LogP) is 7.38. The van der Waals surface area contributed by atoms with Crippen LogP contribution in [0.4, 0.5) is 0 Å². The second kappa shape index (κ2) is 13.4. The van der Waals surface area contributed by atoms with Crippen LogP contribution < -0.4 is 4.74 Å². The van der Waals surface area contributed by atoms with Gasteiger partial charge in [-0.05, 0) is 59.8 Å². The molecule has 4 heteroatoms. The molecular formula is C31H46O4. The summed E-state index contributed by atoms with van der Waals surface area (Å²) in [6, 6.07) is 17.1. The lowest BCUT2D eigenvalue weighted by Gasteiger charge is -2.38. The molecule has 0 saturated heterocycles. The van der Waals surface area contributed by atoms with Crippen molar-refractivity contribution in [2.45, 2.75) is 102 Å².